The van der Waals surface area contributed by atoms with Gasteiger partial charge in [0.05, 0.1) is 31.4 Å². The van der Waals surface area contributed by atoms with Crippen molar-refractivity contribution in [2.24, 2.45) is 0 Å². The number of ether oxygens (including phenoxy) is 3. The van der Waals surface area contributed by atoms with Crippen molar-refractivity contribution in [3.8, 4) is 17.2 Å². The normalized spacial score (nSPS) is 16.6. The molecule has 224 valence electrons. The van der Waals surface area contributed by atoms with Crippen LogP contribution in [0.15, 0.2) is 42.0 Å². The molecule has 0 spiro atoms. The Bertz CT molecular complexity index is 1230. The van der Waals surface area contributed by atoms with E-state index in [2.05, 4.69) is 25.7 Å². The number of likely N-dealkylation sites (tertiary alicyclic amines) is 1. The Morgan fingerprint density at radius 2 is 1.76 bits per heavy atom. The Morgan fingerprint density at radius 3 is 2.37 bits per heavy atom. The summed E-state index contributed by atoms with van der Waals surface area (Å²) in [5, 5.41) is 11.6. The number of hydrogen-bond donors (Lipinski definition) is 1. The van der Waals surface area contributed by atoms with Gasteiger partial charge in [-0.25, -0.2) is 0 Å². The minimum Gasteiger partial charge on any atom is -0.507 e. The van der Waals surface area contributed by atoms with Crippen LogP contribution in [0, 0.1) is 6.92 Å². The van der Waals surface area contributed by atoms with Crippen LogP contribution in [0.1, 0.15) is 76.6 Å². The molecule has 0 aromatic heterocycles. The molecule has 8 nitrogen and oxygen atoms in total. The van der Waals surface area contributed by atoms with Gasteiger partial charge >= 0.3 is 0 Å². The summed E-state index contributed by atoms with van der Waals surface area (Å²) in [7, 11) is 1.57. The zero-order valence-corrected chi connectivity index (χ0v) is 25.7. The number of unbranched alkanes of at least 4 members (excludes halogenated alkanes) is 2. The number of hydrogen-bond acceptors (Lipinski definition) is 7. The van der Waals surface area contributed by atoms with Crippen molar-refractivity contribution in [3.63, 3.8) is 0 Å². The lowest BCUT2D eigenvalue weighted by Gasteiger charge is -2.28. The van der Waals surface area contributed by atoms with Crippen molar-refractivity contribution >= 4 is 17.4 Å². The molecule has 0 aliphatic carbocycles. The van der Waals surface area contributed by atoms with Crippen LogP contribution in [0.3, 0.4) is 0 Å². The van der Waals surface area contributed by atoms with Crippen LogP contribution in [0.4, 0.5) is 0 Å². The number of carbonyl (C=O) groups excluding carboxylic acids is 2. The lowest BCUT2D eigenvalue weighted by molar-refractivity contribution is -0.140. The quantitative estimate of drug-likeness (QED) is 0.120. The fourth-order valence-corrected chi connectivity index (χ4v) is 5.15. The molecule has 41 heavy (non-hydrogen) atoms. The van der Waals surface area contributed by atoms with Gasteiger partial charge < -0.3 is 29.1 Å². The fourth-order valence-electron chi connectivity index (χ4n) is 5.15. The number of aryl methyl sites for hydroxylation is 1. The minimum absolute atomic E-state index is 0.00134. The molecule has 1 aliphatic rings. The van der Waals surface area contributed by atoms with Gasteiger partial charge in [-0.3, -0.25) is 9.59 Å². The van der Waals surface area contributed by atoms with Gasteiger partial charge in [0, 0.05) is 18.7 Å². The third-order valence-corrected chi connectivity index (χ3v) is 7.43. The molecular weight excluding hydrogens is 520 g/mol. The average Bonchev–Trinajstić information content (AvgIpc) is 3.20. The number of benzene rings is 2. The zero-order valence-electron chi connectivity index (χ0n) is 25.7. The molecule has 0 bridgehead atoms. The van der Waals surface area contributed by atoms with E-state index >= 15 is 0 Å². The molecule has 1 heterocycles. The first-order valence-corrected chi connectivity index (χ1v) is 14.8. The molecular formula is C33H46N2O6. The third-order valence-electron chi connectivity index (χ3n) is 7.43. The number of aliphatic hydroxyl groups excluding tert-OH is 1. The summed E-state index contributed by atoms with van der Waals surface area (Å²) in [6.07, 6.45) is 3.11. The van der Waals surface area contributed by atoms with Gasteiger partial charge in [-0.05, 0) is 81.7 Å². The molecule has 3 rings (SSSR count). The topological polar surface area (TPSA) is 88.5 Å². The number of methoxy groups -OCH3 is 1. The van der Waals surface area contributed by atoms with Crippen LogP contribution in [0.25, 0.3) is 5.76 Å². The number of carbonyl (C=O) groups is 2. The second-order valence-electron chi connectivity index (χ2n) is 10.6. The maximum Gasteiger partial charge on any atom is 0.295 e. The van der Waals surface area contributed by atoms with Crippen LogP contribution < -0.4 is 14.2 Å². The average molecular weight is 567 g/mol. The first-order valence-electron chi connectivity index (χ1n) is 14.8. The van der Waals surface area contributed by atoms with E-state index in [1.54, 1.807) is 30.2 Å². The number of likely N-dealkylation sites (N-methyl/N-ethyl adjacent to an activating group) is 1. The van der Waals surface area contributed by atoms with Gasteiger partial charge in [0.1, 0.15) is 11.5 Å². The van der Waals surface area contributed by atoms with E-state index in [1.165, 1.54) is 0 Å². The van der Waals surface area contributed by atoms with Crippen molar-refractivity contribution in [1.82, 2.24) is 9.80 Å². The summed E-state index contributed by atoms with van der Waals surface area (Å²) in [6.45, 7) is 15.2. The smallest absolute Gasteiger partial charge is 0.295 e. The van der Waals surface area contributed by atoms with Crippen LogP contribution in [-0.4, -0.2) is 72.6 Å². The van der Waals surface area contributed by atoms with Crippen molar-refractivity contribution < 1.29 is 28.9 Å². The van der Waals surface area contributed by atoms with Crippen molar-refractivity contribution in [1.29, 1.82) is 0 Å². The molecule has 1 aliphatic heterocycles. The van der Waals surface area contributed by atoms with E-state index in [0.29, 0.717) is 48.1 Å². The largest absolute Gasteiger partial charge is 0.507 e. The molecule has 0 saturated carbocycles. The van der Waals surface area contributed by atoms with E-state index < -0.39 is 17.7 Å². The molecule has 1 fully saturated rings. The maximum absolute atomic E-state index is 13.5. The molecule has 1 amide bonds. The number of aliphatic hydroxyl groups is 1. The summed E-state index contributed by atoms with van der Waals surface area (Å²) < 4.78 is 17.4. The summed E-state index contributed by atoms with van der Waals surface area (Å²) in [5.41, 5.74) is 1.95. The monoisotopic (exact) mass is 566 g/mol. The molecule has 1 unspecified atom stereocenters. The van der Waals surface area contributed by atoms with Gasteiger partial charge in [-0.15, -0.1) is 0 Å². The third kappa shape index (κ3) is 7.61. The van der Waals surface area contributed by atoms with E-state index in [0.717, 1.165) is 37.9 Å². The van der Waals surface area contributed by atoms with Crippen molar-refractivity contribution in [3.05, 3.63) is 58.7 Å². The molecule has 1 atom stereocenters. The molecule has 1 saturated heterocycles. The van der Waals surface area contributed by atoms with Crippen LogP contribution in [-0.2, 0) is 9.59 Å². The predicted octanol–water partition coefficient (Wildman–Crippen LogP) is 6.12. The van der Waals surface area contributed by atoms with Gasteiger partial charge in [0.15, 0.2) is 11.5 Å². The van der Waals surface area contributed by atoms with Crippen molar-refractivity contribution in [2.75, 3.05) is 39.9 Å². The first-order chi connectivity index (χ1) is 19.7. The van der Waals surface area contributed by atoms with Gasteiger partial charge in [-0.1, -0.05) is 39.7 Å². The molecule has 2 aromatic carbocycles. The summed E-state index contributed by atoms with van der Waals surface area (Å²) in [4.78, 5) is 30.7. The van der Waals surface area contributed by atoms with Crippen LogP contribution in [0.5, 0.6) is 17.2 Å². The fraction of sp³-hybridized carbons (Fsp3) is 0.515. The number of nitrogens with zero attached hydrogens (tertiary/aromatic N) is 2. The standard InChI is InChI=1S/C33H46N2O6/c1-8-11-12-19-40-27-16-13-24(21-28(27)39-7)30-29(32(37)33(38)35(30)18-17-34(9-2)10-3)31(36)26-15-14-25(20-23(26)6)41-22(4)5/h13-16,20-22,30,36H,8-12,17-19H2,1-7H3/b31-29+. The van der Waals surface area contributed by atoms with E-state index in [4.69, 9.17) is 14.2 Å². The Morgan fingerprint density at radius 1 is 1.02 bits per heavy atom. The maximum atomic E-state index is 13.5. The summed E-state index contributed by atoms with van der Waals surface area (Å²) in [6, 6.07) is 10.0. The minimum atomic E-state index is -0.778. The molecule has 8 heteroatoms. The zero-order chi connectivity index (χ0) is 30.1. The SMILES string of the molecule is CCCCCOc1ccc(C2/C(=C(\O)c3ccc(OC(C)C)cc3C)C(=O)C(=O)N2CCN(CC)CC)cc1OC. The molecule has 1 N–H and O–H groups in total. The predicted molar refractivity (Wildman–Crippen MR) is 162 cm³/mol. The lowest BCUT2D eigenvalue weighted by atomic mass is 9.93. The highest BCUT2D eigenvalue weighted by Gasteiger charge is 2.46. The van der Waals surface area contributed by atoms with Gasteiger partial charge in [0.2, 0.25) is 0 Å². The van der Waals surface area contributed by atoms with E-state index in [-0.39, 0.29) is 17.4 Å². The van der Waals surface area contributed by atoms with E-state index in [1.807, 2.05) is 39.0 Å². The Hall–Kier alpha value is -3.52. The summed E-state index contributed by atoms with van der Waals surface area (Å²) >= 11 is 0. The summed E-state index contributed by atoms with van der Waals surface area (Å²) in [5.74, 6) is 0.257. The number of ketones is 1. The Balaban J connectivity index is 2.10. The highest BCUT2D eigenvalue weighted by molar-refractivity contribution is 6.46. The second kappa shape index (κ2) is 14.9. The molecule has 2 aromatic rings. The Kier molecular flexibility index (Phi) is 11.6. The van der Waals surface area contributed by atoms with Crippen LogP contribution >= 0.6 is 0 Å². The lowest BCUT2D eigenvalue weighted by Crippen LogP contribution is -2.38. The number of rotatable bonds is 15. The number of Topliss-reactive ketones (excluding diaryl/α,β-unsaturated/α-hetero) is 1. The highest BCUT2D eigenvalue weighted by Crippen LogP contribution is 2.42. The van der Waals surface area contributed by atoms with E-state index in [9.17, 15) is 14.7 Å². The first kappa shape index (κ1) is 32.0. The number of amides is 1. The van der Waals surface area contributed by atoms with Gasteiger partial charge in [0.25, 0.3) is 11.7 Å². The Labute approximate surface area is 244 Å². The second-order valence-corrected chi connectivity index (χ2v) is 10.6. The van der Waals surface area contributed by atoms with Crippen LogP contribution in [0.2, 0.25) is 0 Å². The van der Waals surface area contributed by atoms with Gasteiger partial charge in [-0.2, -0.15) is 0 Å². The van der Waals surface area contributed by atoms with Crippen molar-refractivity contribution in [2.45, 2.75) is 73.0 Å². The highest BCUT2D eigenvalue weighted by atomic mass is 16.5. The molecule has 0 radical (unpaired) electrons.